The van der Waals surface area contributed by atoms with E-state index in [4.69, 9.17) is 4.74 Å². The molecular weight excluding hydrogens is 406 g/mol. The summed E-state index contributed by atoms with van der Waals surface area (Å²) in [6.07, 6.45) is 1.34. The van der Waals surface area contributed by atoms with Crippen LogP contribution in [0.4, 0.5) is 5.69 Å². The number of hydrogen-bond acceptors (Lipinski definition) is 5. The molecule has 0 saturated carbocycles. The van der Waals surface area contributed by atoms with E-state index in [1.54, 1.807) is 39.8 Å². The standard InChI is InChI=1S/C21H29N3O5S/c1-6-7-11-22-30(27,28)17-10-8-9-16(12-17)24-20(25)19-14(4)18(15(5)23-19)21(26)29-13(2)3/h8-10,12-13,22-23H,6-7,11H2,1-5H3,(H,24,25). The predicted octanol–water partition coefficient (Wildman–Crippen LogP) is 3.53. The molecule has 2 aromatic rings. The second-order valence-electron chi connectivity index (χ2n) is 7.31. The van der Waals surface area contributed by atoms with Crippen molar-refractivity contribution in [1.29, 1.82) is 0 Å². The molecule has 1 aromatic carbocycles. The minimum absolute atomic E-state index is 0.0667. The van der Waals surface area contributed by atoms with Crippen molar-refractivity contribution in [2.45, 2.75) is 58.5 Å². The summed E-state index contributed by atoms with van der Waals surface area (Å²) in [6.45, 7) is 9.18. The number of esters is 1. The van der Waals surface area contributed by atoms with E-state index in [-0.39, 0.29) is 16.7 Å². The maximum atomic E-state index is 12.8. The van der Waals surface area contributed by atoms with Crippen LogP contribution in [0.5, 0.6) is 0 Å². The van der Waals surface area contributed by atoms with Gasteiger partial charge in [-0.25, -0.2) is 17.9 Å². The highest BCUT2D eigenvalue weighted by Gasteiger charge is 2.24. The number of aromatic amines is 1. The number of benzene rings is 1. The Morgan fingerprint density at radius 1 is 1.20 bits per heavy atom. The first-order valence-electron chi connectivity index (χ1n) is 9.88. The van der Waals surface area contributed by atoms with Crippen LogP contribution in [0.15, 0.2) is 29.2 Å². The van der Waals surface area contributed by atoms with E-state index in [0.717, 1.165) is 12.8 Å². The lowest BCUT2D eigenvalue weighted by Crippen LogP contribution is -2.25. The molecule has 0 bridgehead atoms. The van der Waals surface area contributed by atoms with Crippen LogP contribution < -0.4 is 10.0 Å². The number of aromatic nitrogens is 1. The van der Waals surface area contributed by atoms with Gasteiger partial charge in [-0.3, -0.25) is 4.79 Å². The van der Waals surface area contributed by atoms with Crippen LogP contribution in [-0.2, 0) is 14.8 Å². The Kier molecular flexibility index (Phi) is 7.80. The van der Waals surface area contributed by atoms with Crippen molar-refractivity contribution in [3.05, 3.63) is 46.8 Å². The summed E-state index contributed by atoms with van der Waals surface area (Å²) in [5, 5.41) is 2.68. The summed E-state index contributed by atoms with van der Waals surface area (Å²) in [7, 11) is -3.66. The fourth-order valence-electron chi connectivity index (χ4n) is 2.96. The molecule has 1 amide bonds. The van der Waals surface area contributed by atoms with Crippen LogP contribution in [0.1, 0.15) is 65.7 Å². The van der Waals surface area contributed by atoms with Gasteiger partial charge in [-0.2, -0.15) is 0 Å². The van der Waals surface area contributed by atoms with Gasteiger partial charge in [0.25, 0.3) is 5.91 Å². The third kappa shape index (κ3) is 5.70. The fourth-order valence-corrected chi connectivity index (χ4v) is 4.08. The van der Waals surface area contributed by atoms with Crippen molar-refractivity contribution < 1.29 is 22.7 Å². The minimum Gasteiger partial charge on any atom is -0.459 e. The van der Waals surface area contributed by atoms with Crippen LogP contribution in [-0.4, -0.2) is 37.9 Å². The maximum absolute atomic E-state index is 12.8. The SMILES string of the molecule is CCCCNS(=O)(=O)c1cccc(NC(=O)c2[nH]c(C)c(C(=O)OC(C)C)c2C)c1. The Hall–Kier alpha value is -2.65. The predicted molar refractivity (Wildman–Crippen MR) is 115 cm³/mol. The molecule has 0 spiro atoms. The highest BCUT2D eigenvalue weighted by Crippen LogP contribution is 2.22. The van der Waals surface area contributed by atoms with Crippen molar-refractivity contribution in [3.63, 3.8) is 0 Å². The van der Waals surface area contributed by atoms with Gasteiger partial charge in [-0.05, 0) is 57.9 Å². The van der Waals surface area contributed by atoms with Crippen molar-refractivity contribution in [2.75, 3.05) is 11.9 Å². The van der Waals surface area contributed by atoms with Crippen molar-refractivity contribution in [3.8, 4) is 0 Å². The number of carbonyl (C=O) groups excluding carboxylic acids is 2. The Balaban J connectivity index is 2.22. The van der Waals surface area contributed by atoms with E-state index in [2.05, 4.69) is 15.0 Å². The molecule has 0 aliphatic heterocycles. The number of rotatable bonds is 9. The summed E-state index contributed by atoms with van der Waals surface area (Å²) < 4.78 is 32.6. The third-order valence-corrected chi connectivity index (χ3v) is 5.89. The fraction of sp³-hybridized carbons (Fsp3) is 0.429. The molecule has 0 atom stereocenters. The first-order chi connectivity index (χ1) is 14.1. The van der Waals surface area contributed by atoms with Crippen molar-refractivity contribution in [2.24, 2.45) is 0 Å². The van der Waals surface area contributed by atoms with Crippen molar-refractivity contribution >= 4 is 27.6 Å². The Bertz CT molecular complexity index is 1030. The molecule has 2 rings (SSSR count). The molecule has 164 valence electrons. The molecule has 0 saturated heterocycles. The van der Waals surface area contributed by atoms with E-state index in [9.17, 15) is 18.0 Å². The van der Waals surface area contributed by atoms with Crippen LogP contribution in [0.25, 0.3) is 0 Å². The van der Waals surface area contributed by atoms with E-state index < -0.39 is 21.9 Å². The monoisotopic (exact) mass is 435 g/mol. The molecule has 1 heterocycles. The largest absolute Gasteiger partial charge is 0.459 e. The Labute approximate surface area is 177 Å². The third-order valence-electron chi connectivity index (χ3n) is 4.44. The quantitative estimate of drug-likeness (QED) is 0.411. The normalized spacial score (nSPS) is 11.5. The van der Waals surface area contributed by atoms with E-state index in [1.807, 2.05) is 6.92 Å². The highest BCUT2D eigenvalue weighted by atomic mass is 32.2. The molecule has 8 nitrogen and oxygen atoms in total. The molecule has 1 aromatic heterocycles. The molecule has 0 aliphatic rings. The summed E-state index contributed by atoms with van der Waals surface area (Å²) in [4.78, 5) is 28.1. The highest BCUT2D eigenvalue weighted by molar-refractivity contribution is 7.89. The number of anilines is 1. The first-order valence-corrected chi connectivity index (χ1v) is 11.4. The van der Waals surface area contributed by atoms with Crippen molar-refractivity contribution in [1.82, 2.24) is 9.71 Å². The van der Waals surface area contributed by atoms with Crippen LogP contribution in [0, 0.1) is 13.8 Å². The summed E-state index contributed by atoms with van der Waals surface area (Å²) >= 11 is 0. The van der Waals surface area contributed by atoms with Crippen LogP contribution in [0.2, 0.25) is 0 Å². The number of sulfonamides is 1. The lowest BCUT2D eigenvalue weighted by Gasteiger charge is -2.10. The Morgan fingerprint density at radius 2 is 1.90 bits per heavy atom. The van der Waals surface area contributed by atoms with Gasteiger partial charge in [0, 0.05) is 17.9 Å². The van der Waals surface area contributed by atoms with Crippen LogP contribution in [0.3, 0.4) is 0 Å². The smallest absolute Gasteiger partial charge is 0.340 e. The zero-order valence-electron chi connectivity index (χ0n) is 18.0. The topological polar surface area (TPSA) is 117 Å². The number of hydrogen-bond donors (Lipinski definition) is 3. The Morgan fingerprint density at radius 3 is 2.53 bits per heavy atom. The number of aryl methyl sites for hydroxylation is 1. The van der Waals surface area contributed by atoms with Gasteiger partial charge in [-0.15, -0.1) is 0 Å². The second-order valence-corrected chi connectivity index (χ2v) is 9.08. The van der Waals surface area contributed by atoms with Gasteiger partial charge < -0.3 is 15.0 Å². The molecule has 0 aliphatic carbocycles. The molecule has 3 N–H and O–H groups in total. The van der Waals surface area contributed by atoms with Gasteiger partial charge in [-0.1, -0.05) is 19.4 Å². The number of nitrogens with one attached hydrogen (secondary N) is 3. The summed E-state index contributed by atoms with van der Waals surface area (Å²) in [5.74, 6) is -0.978. The maximum Gasteiger partial charge on any atom is 0.340 e. The average Bonchev–Trinajstić information content (AvgIpc) is 2.96. The number of ether oxygens (including phenoxy) is 1. The molecule has 30 heavy (non-hydrogen) atoms. The van der Waals surface area contributed by atoms with E-state index in [1.165, 1.54) is 12.1 Å². The number of carbonyl (C=O) groups is 2. The molecule has 0 unspecified atom stereocenters. The second kappa shape index (κ2) is 9.90. The number of H-pyrrole nitrogens is 1. The van der Waals surface area contributed by atoms with Gasteiger partial charge >= 0.3 is 5.97 Å². The summed E-state index contributed by atoms with van der Waals surface area (Å²) in [5.41, 5.74) is 1.87. The van der Waals surface area contributed by atoms with E-state index in [0.29, 0.717) is 29.1 Å². The van der Waals surface area contributed by atoms with E-state index >= 15 is 0 Å². The molecule has 0 radical (unpaired) electrons. The first kappa shape index (κ1) is 23.6. The molecular formula is C21H29N3O5S. The van der Waals surface area contributed by atoms with Gasteiger partial charge in [0.1, 0.15) is 5.69 Å². The van der Waals surface area contributed by atoms with Gasteiger partial charge in [0.2, 0.25) is 10.0 Å². The summed E-state index contributed by atoms with van der Waals surface area (Å²) in [6, 6.07) is 6.02. The average molecular weight is 436 g/mol. The lowest BCUT2D eigenvalue weighted by molar-refractivity contribution is 0.0376. The van der Waals surface area contributed by atoms with Gasteiger partial charge in [0.05, 0.1) is 16.6 Å². The molecule has 0 fully saturated rings. The number of unbranched alkanes of at least 4 members (excludes halogenated alkanes) is 1. The van der Waals surface area contributed by atoms with Crippen LogP contribution >= 0.6 is 0 Å². The zero-order chi connectivity index (χ0) is 22.5. The zero-order valence-corrected chi connectivity index (χ0v) is 18.8. The molecule has 9 heteroatoms. The minimum atomic E-state index is -3.66. The number of amides is 1. The lowest BCUT2D eigenvalue weighted by atomic mass is 10.1. The van der Waals surface area contributed by atoms with Gasteiger partial charge in [0.15, 0.2) is 0 Å².